The van der Waals surface area contributed by atoms with Gasteiger partial charge in [0.25, 0.3) is 5.91 Å². The molecule has 1 amide bonds. The minimum Gasteiger partial charge on any atom is -0.344 e. The van der Waals surface area contributed by atoms with Crippen LogP contribution in [0.4, 0.5) is 0 Å². The monoisotopic (exact) mass is 393 g/mol. The molecule has 144 valence electrons. The summed E-state index contributed by atoms with van der Waals surface area (Å²) in [7, 11) is 1.90. The number of fused-ring (bicyclic) bond motifs is 1. The Morgan fingerprint density at radius 1 is 1.29 bits per heavy atom. The van der Waals surface area contributed by atoms with Crippen LogP contribution in [0.15, 0.2) is 42.0 Å². The number of hydrogen-bond donors (Lipinski definition) is 1. The van der Waals surface area contributed by atoms with Gasteiger partial charge in [-0.15, -0.1) is 11.3 Å². The van der Waals surface area contributed by atoms with E-state index < -0.39 is 0 Å². The Balaban J connectivity index is 1.59. The van der Waals surface area contributed by atoms with Gasteiger partial charge < -0.3 is 5.32 Å². The highest BCUT2D eigenvalue weighted by Gasteiger charge is 2.19. The second-order valence-electron chi connectivity index (χ2n) is 6.95. The molecule has 1 unspecified atom stereocenters. The van der Waals surface area contributed by atoms with Crippen LogP contribution < -0.4 is 5.32 Å². The molecule has 0 saturated heterocycles. The van der Waals surface area contributed by atoms with Crippen molar-refractivity contribution in [3.8, 4) is 11.3 Å². The predicted molar refractivity (Wildman–Crippen MR) is 112 cm³/mol. The first-order valence-electron chi connectivity index (χ1n) is 9.33. The average molecular weight is 394 g/mol. The highest BCUT2D eigenvalue weighted by atomic mass is 32.1. The number of amides is 1. The Morgan fingerprint density at radius 3 is 2.68 bits per heavy atom. The summed E-state index contributed by atoms with van der Waals surface area (Å²) in [5.74, 6) is -0.118. The van der Waals surface area contributed by atoms with Crippen molar-refractivity contribution in [2.45, 2.75) is 33.2 Å². The topological polar surface area (TPSA) is 64.2 Å². The lowest BCUT2D eigenvalue weighted by molar-refractivity contribution is 0.0934. The molecule has 0 saturated carbocycles. The Kier molecular flexibility index (Phi) is 4.77. The molecule has 3 aromatic heterocycles. The second-order valence-corrected chi connectivity index (χ2v) is 7.79. The largest absolute Gasteiger partial charge is 0.344 e. The highest BCUT2D eigenvalue weighted by molar-refractivity contribution is 7.15. The van der Waals surface area contributed by atoms with Crippen LogP contribution in [-0.2, 0) is 13.5 Å². The van der Waals surface area contributed by atoms with Crippen molar-refractivity contribution < 1.29 is 4.79 Å². The fourth-order valence-corrected chi connectivity index (χ4v) is 4.14. The third kappa shape index (κ3) is 3.22. The number of imidazole rings is 1. The van der Waals surface area contributed by atoms with Crippen molar-refractivity contribution in [2.24, 2.45) is 7.05 Å². The average Bonchev–Trinajstić information content (AvgIpc) is 3.37. The summed E-state index contributed by atoms with van der Waals surface area (Å²) in [6, 6.07) is 8.28. The summed E-state index contributed by atoms with van der Waals surface area (Å²) in [5.41, 5.74) is 5.88. The van der Waals surface area contributed by atoms with Crippen LogP contribution >= 0.6 is 11.3 Å². The van der Waals surface area contributed by atoms with E-state index in [0.29, 0.717) is 5.69 Å². The Morgan fingerprint density at radius 2 is 2.04 bits per heavy atom. The molecule has 0 bridgehead atoms. The smallest absolute Gasteiger partial charge is 0.269 e. The Bertz CT molecular complexity index is 1140. The van der Waals surface area contributed by atoms with E-state index in [9.17, 15) is 4.79 Å². The van der Waals surface area contributed by atoms with Crippen LogP contribution in [0.1, 0.15) is 47.2 Å². The summed E-state index contributed by atoms with van der Waals surface area (Å²) in [5, 5.41) is 9.19. The fraction of sp³-hybridized carbons (Fsp3) is 0.286. The Hall–Kier alpha value is -2.93. The first-order valence-corrected chi connectivity index (χ1v) is 10.2. The molecule has 6 nitrogen and oxygen atoms in total. The van der Waals surface area contributed by atoms with Crippen LogP contribution in [-0.4, -0.2) is 25.1 Å². The van der Waals surface area contributed by atoms with Crippen LogP contribution in [0.2, 0.25) is 0 Å². The van der Waals surface area contributed by atoms with Gasteiger partial charge in [0.1, 0.15) is 5.69 Å². The lowest BCUT2D eigenvalue weighted by Gasteiger charge is -2.13. The molecule has 1 N–H and O–H groups in total. The van der Waals surface area contributed by atoms with Crippen molar-refractivity contribution >= 4 is 22.2 Å². The number of aryl methyl sites for hydroxylation is 2. The molecule has 0 radical (unpaired) electrons. The van der Waals surface area contributed by atoms with Gasteiger partial charge in [-0.25, -0.2) is 4.98 Å². The molecule has 0 fully saturated rings. The minimum absolute atomic E-state index is 0.118. The van der Waals surface area contributed by atoms with Gasteiger partial charge in [0.2, 0.25) is 0 Å². The SMILES string of the molecule is CCc1ccc(-c2cn3c(C(=O)NC(C)c4cnn(C)c4C)csc3n2)cc1. The minimum atomic E-state index is -0.124. The number of hydrogen-bond acceptors (Lipinski definition) is 4. The molecule has 0 spiro atoms. The van der Waals surface area contributed by atoms with Gasteiger partial charge in [-0.3, -0.25) is 13.9 Å². The number of aromatic nitrogens is 4. The highest BCUT2D eigenvalue weighted by Crippen LogP contribution is 2.25. The molecule has 0 aliphatic carbocycles. The van der Waals surface area contributed by atoms with E-state index in [1.54, 1.807) is 6.20 Å². The maximum Gasteiger partial charge on any atom is 0.269 e. The van der Waals surface area contributed by atoms with Crippen LogP contribution in [0, 0.1) is 6.92 Å². The zero-order valence-electron chi connectivity index (χ0n) is 16.4. The predicted octanol–water partition coefficient (Wildman–Crippen LogP) is 4.16. The lowest BCUT2D eigenvalue weighted by Crippen LogP contribution is -2.27. The number of thiazole rings is 1. The number of carbonyl (C=O) groups is 1. The van der Waals surface area contributed by atoms with Gasteiger partial charge in [0.05, 0.1) is 17.9 Å². The van der Waals surface area contributed by atoms with Gasteiger partial charge in [-0.2, -0.15) is 5.10 Å². The number of nitrogens with zero attached hydrogens (tertiary/aromatic N) is 4. The van der Waals surface area contributed by atoms with E-state index in [1.165, 1.54) is 16.9 Å². The van der Waals surface area contributed by atoms with Crippen LogP contribution in [0.3, 0.4) is 0 Å². The second kappa shape index (κ2) is 7.24. The summed E-state index contributed by atoms with van der Waals surface area (Å²) >= 11 is 1.47. The lowest BCUT2D eigenvalue weighted by atomic mass is 10.1. The van der Waals surface area contributed by atoms with E-state index >= 15 is 0 Å². The summed E-state index contributed by atoms with van der Waals surface area (Å²) < 4.78 is 3.68. The van der Waals surface area contributed by atoms with Crippen molar-refractivity contribution in [1.29, 1.82) is 0 Å². The molecular weight excluding hydrogens is 370 g/mol. The van der Waals surface area contributed by atoms with E-state index in [1.807, 2.05) is 41.6 Å². The molecule has 3 heterocycles. The maximum absolute atomic E-state index is 12.9. The first-order chi connectivity index (χ1) is 13.5. The zero-order valence-corrected chi connectivity index (χ0v) is 17.2. The molecule has 0 aliphatic heterocycles. The third-order valence-electron chi connectivity index (χ3n) is 5.19. The van der Waals surface area contributed by atoms with Crippen LogP contribution in [0.25, 0.3) is 16.2 Å². The number of rotatable bonds is 5. The van der Waals surface area contributed by atoms with E-state index in [-0.39, 0.29) is 11.9 Å². The summed E-state index contributed by atoms with van der Waals surface area (Å²) in [4.78, 5) is 18.4. The molecule has 4 rings (SSSR count). The number of nitrogens with one attached hydrogen (secondary N) is 1. The van der Waals surface area contributed by atoms with E-state index in [4.69, 9.17) is 0 Å². The van der Waals surface area contributed by atoms with E-state index in [0.717, 1.165) is 33.9 Å². The number of carbonyl (C=O) groups excluding carboxylic acids is 1. The standard InChI is InChI=1S/C21H23N5OS/c1-5-15-6-8-16(9-7-15)18-11-26-19(12-28-21(26)24-18)20(27)23-13(2)17-10-22-25(4)14(17)3/h6-13H,5H2,1-4H3,(H,23,27). The molecule has 7 heteroatoms. The van der Waals surface area contributed by atoms with Crippen LogP contribution in [0.5, 0.6) is 0 Å². The molecule has 4 aromatic rings. The van der Waals surface area contributed by atoms with Crippen molar-refractivity contribution in [3.63, 3.8) is 0 Å². The first kappa shape index (κ1) is 18.4. The molecule has 0 aliphatic rings. The normalized spacial score (nSPS) is 12.4. The number of benzene rings is 1. The Labute approximate surface area is 167 Å². The molecule has 28 heavy (non-hydrogen) atoms. The van der Waals surface area contributed by atoms with Crippen molar-refractivity contribution in [2.75, 3.05) is 0 Å². The summed E-state index contributed by atoms with van der Waals surface area (Å²) in [6.07, 6.45) is 4.75. The van der Waals surface area contributed by atoms with E-state index in [2.05, 4.69) is 46.6 Å². The summed E-state index contributed by atoms with van der Waals surface area (Å²) in [6.45, 7) is 6.11. The van der Waals surface area contributed by atoms with Crippen molar-refractivity contribution in [1.82, 2.24) is 24.5 Å². The fourth-order valence-electron chi connectivity index (χ4n) is 3.29. The maximum atomic E-state index is 12.9. The molecule has 1 aromatic carbocycles. The van der Waals surface area contributed by atoms with Gasteiger partial charge in [0, 0.05) is 35.4 Å². The zero-order chi connectivity index (χ0) is 19.8. The van der Waals surface area contributed by atoms with Gasteiger partial charge in [0.15, 0.2) is 4.96 Å². The van der Waals surface area contributed by atoms with Gasteiger partial charge in [-0.1, -0.05) is 31.2 Å². The quantitative estimate of drug-likeness (QED) is 0.554. The third-order valence-corrected chi connectivity index (χ3v) is 6.03. The molecular formula is C21H23N5OS. The molecule has 1 atom stereocenters. The van der Waals surface area contributed by atoms with Gasteiger partial charge in [-0.05, 0) is 25.8 Å². The van der Waals surface area contributed by atoms with Gasteiger partial charge >= 0.3 is 0 Å². The van der Waals surface area contributed by atoms with Crippen molar-refractivity contribution in [3.05, 3.63) is 64.6 Å².